The molecule has 1 rings (SSSR count). The number of nitrogens with zero attached hydrogens (tertiary/aromatic N) is 1. The van der Waals surface area contributed by atoms with E-state index in [1.807, 2.05) is 20.8 Å². The molecule has 4 nitrogen and oxygen atoms in total. The van der Waals surface area contributed by atoms with Gasteiger partial charge in [-0.2, -0.15) is 0 Å². The average Bonchev–Trinajstić information content (AvgIpc) is 2.34. The highest BCUT2D eigenvalue weighted by Gasteiger charge is 2.28. The first kappa shape index (κ1) is 9.64. The molecule has 0 aliphatic carbocycles. The lowest BCUT2D eigenvalue weighted by Crippen LogP contribution is -2.44. The van der Waals surface area contributed by atoms with Gasteiger partial charge < -0.3 is 9.52 Å². The van der Waals surface area contributed by atoms with Gasteiger partial charge in [0.05, 0.1) is 12.0 Å². The average molecular weight is 183 g/mol. The molecule has 0 aromatic carbocycles. The smallest absolute Gasteiger partial charge is 0.412 e. The van der Waals surface area contributed by atoms with Crippen molar-refractivity contribution >= 4 is 11.8 Å². The number of anilines is 1. The van der Waals surface area contributed by atoms with Crippen LogP contribution < -0.4 is 4.90 Å². The predicted molar refractivity (Wildman–Crippen MR) is 49.0 cm³/mol. The minimum absolute atomic E-state index is 0.463. The summed E-state index contributed by atoms with van der Waals surface area (Å²) in [6, 6.07) is 1.62. The summed E-state index contributed by atoms with van der Waals surface area (Å²) >= 11 is 0. The van der Waals surface area contributed by atoms with Crippen LogP contribution in [0.4, 0.5) is 10.5 Å². The van der Waals surface area contributed by atoms with Crippen molar-refractivity contribution in [3.8, 4) is 0 Å². The zero-order valence-corrected chi connectivity index (χ0v) is 7.94. The van der Waals surface area contributed by atoms with E-state index in [1.165, 1.54) is 17.4 Å². The van der Waals surface area contributed by atoms with E-state index in [9.17, 15) is 4.79 Å². The maximum atomic E-state index is 10.9. The lowest BCUT2D eigenvalue weighted by Gasteiger charge is -2.31. The molecule has 1 heterocycles. The SMILES string of the molecule is CC(C)(C)N(C(=O)O)c1ccoc1. The molecule has 0 saturated carbocycles. The molecule has 0 saturated heterocycles. The Bertz CT molecular complexity index is 284. The summed E-state index contributed by atoms with van der Waals surface area (Å²) in [5, 5.41) is 8.96. The van der Waals surface area contributed by atoms with Crippen molar-refractivity contribution < 1.29 is 14.3 Å². The van der Waals surface area contributed by atoms with Gasteiger partial charge in [0.25, 0.3) is 0 Å². The van der Waals surface area contributed by atoms with Crippen molar-refractivity contribution in [2.45, 2.75) is 26.3 Å². The third-order valence-electron chi connectivity index (χ3n) is 1.63. The van der Waals surface area contributed by atoms with Crippen molar-refractivity contribution in [2.75, 3.05) is 4.90 Å². The Morgan fingerprint density at radius 2 is 2.15 bits per heavy atom. The van der Waals surface area contributed by atoms with Crippen LogP contribution in [0.1, 0.15) is 20.8 Å². The van der Waals surface area contributed by atoms with Crippen LogP contribution >= 0.6 is 0 Å². The van der Waals surface area contributed by atoms with E-state index in [4.69, 9.17) is 9.52 Å². The number of hydrogen-bond donors (Lipinski definition) is 1. The quantitative estimate of drug-likeness (QED) is 0.727. The van der Waals surface area contributed by atoms with E-state index in [0.717, 1.165) is 0 Å². The molecule has 1 aromatic rings. The van der Waals surface area contributed by atoms with Gasteiger partial charge in [-0.3, -0.25) is 4.90 Å². The van der Waals surface area contributed by atoms with Gasteiger partial charge in [0.1, 0.15) is 6.26 Å². The van der Waals surface area contributed by atoms with Crippen LogP contribution in [-0.4, -0.2) is 16.7 Å². The summed E-state index contributed by atoms with van der Waals surface area (Å²) in [4.78, 5) is 12.2. The Morgan fingerprint density at radius 1 is 1.54 bits per heavy atom. The van der Waals surface area contributed by atoms with Gasteiger partial charge in [-0.05, 0) is 20.8 Å². The van der Waals surface area contributed by atoms with Crippen molar-refractivity contribution in [3.63, 3.8) is 0 Å². The Balaban J connectivity index is 3.01. The Labute approximate surface area is 76.8 Å². The molecule has 0 spiro atoms. The first-order valence-electron chi connectivity index (χ1n) is 3.98. The zero-order valence-electron chi connectivity index (χ0n) is 7.94. The third kappa shape index (κ3) is 2.02. The molecular formula is C9H13NO3. The van der Waals surface area contributed by atoms with Crippen molar-refractivity contribution in [2.24, 2.45) is 0 Å². The first-order valence-corrected chi connectivity index (χ1v) is 3.98. The Morgan fingerprint density at radius 3 is 2.46 bits per heavy atom. The van der Waals surface area contributed by atoms with E-state index >= 15 is 0 Å². The number of hydrogen-bond acceptors (Lipinski definition) is 2. The molecule has 0 fully saturated rings. The maximum absolute atomic E-state index is 10.9. The Kier molecular flexibility index (Phi) is 2.32. The standard InChI is InChI=1S/C9H13NO3/c1-9(2,3)10(8(11)12)7-4-5-13-6-7/h4-6H,1-3H3,(H,11,12). The number of rotatable bonds is 1. The molecule has 1 N–H and O–H groups in total. The van der Waals surface area contributed by atoms with E-state index in [0.29, 0.717) is 5.69 Å². The molecule has 0 atom stereocenters. The van der Waals surface area contributed by atoms with Crippen molar-refractivity contribution in [1.29, 1.82) is 0 Å². The first-order chi connectivity index (χ1) is 5.93. The predicted octanol–water partition coefficient (Wildman–Crippen LogP) is 2.56. The molecule has 13 heavy (non-hydrogen) atoms. The second-order valence-corrected chi connectivity index (χ2v) is 3.77. The lowest BCUT2D eigenvalue weighted by atomic mass is 10.1. The van der Waals surface area contributed by atoms with Crippen LogP contribution in [0.2, 0.25) is 0 Å². The Hall–Kier alpha value is -1.45. The van der Waals surface area contributed by atoms with Gasteiger partial charge in [-0.25, -0.2) is 4.79 Å². The molecule has 1 amide bonds. The second kappa shape index (κ2) is 3.12. The second-order valence-electron chi connectivity index (χ2n) is 3.77. The number of carbonyl (C=O) groups is 1. The third-order valence-corrected chi connectivity index (χ3v) is 1.63. The van der Waals surface area contributed by atoms with Gasteiger partial charge in [-0.15, -0.1) is 0 Å². The van der Waals surface area contributed by atoms with Crippen LogP contribution in [0, 0.1) is 0 Å². The summed E-state index contributed by atoms with van der Waals surface area (Å²) in [5.74, 6) is 0. The van der Waals surface area contributed by atoms with Crippen LogP contribution in [0.3, 0.4) is 0 Å². The molecule has 0 aliphatic heterocycles. The minimum Gasteiger partial charge on any atom is -0.470 e. The van der Waals surface area contributed by atoms with Gasteiger partial charge in [0.2, 0.25) is 0 Å². The maximum Gasteiger partial charge on any atom is 0.412 e. The summed E-state index contributed by atoms with van der Waals surface area (Å²) in [6.07, 6.45) is 1.89. The van der Waals surface area contributed by atoms with E-state index in [-0.39, 0.29) is 0 Å². The number of carboxylic acid groups (broad SMARTS) is 1. The van der Waals surface area contributed by atoms with Crippen LogP contribution in [0.15, 0.2) is 23.0 Å². The fraction of sp³-hybridized carbons (Fsp3) is 0.444. The van der Waals surface area contributed by atoms with E-state index in [1.54, 1.807) is 6.07 Å². The fourth-order valence-electron chi connectivity index (χ4n) is 1.17. The van der Waals surface area contributed by atoms with E-state index < -0.39 is 11.6 Å². The van der Waals surface area contributed by atoms with Crippen molar-refractivity contribution in [3.05, 3.63) is 18.6 Å². The van der Waals surface area contributed by atoms with Gasteiger partial charge >= 0.3 is 6.09 Å². The normalized spacial score (nSPS) is 11.3. The van der Waals surface area contributed by atoms with Gasteiger partial charge in [0, 0.05) is 11.6 Å². The largest absolute Gasteiger partial charge is 0.470 e. The van der Waals surface area contributed by atoms with Crippen molar-refractivity contribution in [1.82, 2.24) is 0 Å². The number of furan rings is 1. The molecule has 4 heteroatoms. The highest BCUT2D eigenvalue weighted by Crippen LogP contribution is 2.23. The van der Waals surface area contributed by atoms with Crippen LogP contribution in [-0.2, 0) is 0 Å². The van der Waals surface area contributed by atoms with Crippen LogP contribution in [0.5, 0.6) is 0 Å². The van der Waals surface area contributed by atoms with Crippen LogP contribution in [0.25, 0.3) is 0 Å². The molecule has 0 unspecified atom stereocenters. The molecule has 72 valence electrons. The van der Waals surface area contributed by atoms with Gasteiger partial charge in [0.15, 0.2) is 0 Å². The lowest BCUT2D eigenvalue weighted by molar-refractivity contribution is 0.195. The minimum atomic E-state index is -0.978. The molecule has 1 aromatic heterocycles. The fourth-order valence-corrected chi connectivity index (χ4v) is 1.17. The summed E-state index contributed by atoms with van der Waals surface area (Å²) in [5.41, 5.74) is 0.0930. The summed E-state index contributed by atoms with van der Waals surface area (Å²) < 4.78 is 4.84. The molecular weight excluding hydrogens is 170 g/mol. The van der Waals surface area contributed by atoms with E-state index in [2.05, 4.69) is 0 Å². The molecule has 0 bridgehead atoms. The topological polar surface area (TPSA) is 53.7 Å². The molecule has 0 aliphatic rings. The monoisotopic (exact) mass is 183 g/mol. The summed E-state index contributed by atoms with van der Waals surface area (Å²) in [6.45, 7) is 5.48. The zero-order chi connectivity index (χ0) is 10.1. The summed E-state index contributed by atoms with van der Waals surface area (Å²) in [7, 11) is 0. The van der Waals surface area contributed by atoms with Gasteiger partial charge in [-0.1, -0.05) is 0 Å². The highest BCUT2D eigenvalue weighted by molar-refractivity contribution is 5.87. The molecule has 0 radical (unpaired) electrons. The highest BCUT2D eigenvalue weighted by atomic mass is 16.4. The number of amides is 1.